The summed E-state index contributed by atoms with van der Waals surface area (Å²) in [7, 11) is 0. The van der Waals surface area contributed by atoms with Gasteiger partial charge in [0.25, 0.3) is 0 Å². The standard InChI is InChI=1S/C21H21N3O2/c22-17-11-13-19(14-12-17)24(18-7-3-1-4-8-18)21(25)23-15-16-26-20-9-5-2-6-10-20/h1-14H,15-16,22H2,(H,23,25). The van der Waals surface area contributed by atoms with Crippen molar-refractivity contribution >= 4 is 23.1 Å². The molecule has 0 spiro atoms. The summed E-state index contributed by atoms with van der Waals surface area (Å²) in [6.07, 6.45) is 0. The van der Waals surface area contributed by atoms with Crippen molar-refractivity contribution in [2.24, 2.45) is 0 Å². The van der Waals surface area contributed by atoms with Gasteiger partial charge in [-0.15, -0.1) is 0 Å². The molecule has 0 unspecified atom stereocenters. The average molecular weight is 347 g/mol. The van der Waals surface area contributed by atoms with Crippen LogP contribution in [0.1, 0.15) is 0 Å². The van der Waals surface area contributed by atoms with E-state index in [0.717, 1.165) is 17.1 Å². The van der Waals surface area contributed by atoms with Gasteiger partial charge in [0.1, 0.15) is 12.4 Å². The van der Waals surface area contributed by atoms with Crippen molar-refractivity contribution in [3.05, 3.63) is 84.9 Å². The predicted octanol–water partition coefficient (Wildman–Crippen LogP) is 4.20. The first kappa shape index (κ1) is 17.4. The molecule has 26 heavy (non-hydrogen) atoms. The van der Waals surface area contributed by atoms with E-state index >= 15 is 0 Å². The Morgan fingerprint density at radius 3 is 2.08 bits per heavy atom. The summed E-state index contributed by atoms with van der Waals surface area (Å²) < 4.78 is 5.61. The minimum absolute atomic E-state index is 0.224. The van der Waals surface area contributed by atoms with Gasteiger partial charge in [-0.25, -0.2) is 4.79 Å². The van der Waals surface area contributed by atoms with E-state index in [1.807, 2.05) is 72.8 Å². The smallest absolute Gasteiger partial charge is 0.326 e. The molecule has 3 rings (SSSR count). The Hall–Kier alpha value is -3.47. The van der Waals surface area contributed by atoms with E-state index in [9.17, 15) is 4.79 Å². The van der Waals surface area contributed by atoms with Crippen LogP contribution in [0, 0.1) is 0 Å². The van der Waals surface area contributed by atoms with Crippen LogP contribution >= 0.6 is 0 Å². The Morgan fingerprint density at radius 2 is 1.42 bits per heavy atom. The Kier molecular flexibility index (Phi) is 5.72. The lowest BCUT2D eigenvalue weighted by molar-refractivity contribution is 0.244. The summed E-state index contributed by atoms with van der Waals surface area (Å²) in [5, 5.41) is 2.90. The molecule has 0 bridgehead atoms. The van der Waals surface area contributed by atoms with Gasteiger partial charge in [0.15, 0.2) is 0 Å². The number of ether oxygens (including phenoxy) is 1. The number of amides is 2. The van der Waals surface area contributed by atoms with Crippen LogP contribution in [0.3, 0.4) is 0 Å². The first-order chi connectivity index (χ1) is 12.7. The molecule has 132 valence electrons. The summed E-state index contributed by atoms with van der Waals surface area (Å²) in [6.45, 7) is 0.784. The number of hydrogen-bond acceptors (Lipinski definition) is 3. The largest absolute Gasteiger partial charge is 0.492 e. The van der Waals surface area contributed by atoms with Crippen LogP contribution in [0.25, 0.3) is 0 Å². The van der Waals surface area contributed by atoms with E-state index in [0.29, 0.717) is 18.8 Å². The molecule has 5 nitrogen and oxygen atoms in total. The van der Waals surface area contributed by atoms with E-state index in [2.05, 4.69) is 5.32 Å². The summed E-state index contributed by atoms with van der Waals surface area (Å²) in [5.41, 5.74) is 7.93. The van der Waals surface area contributed by atoms with E-state index in [4.69, 9.17) is 10.5 Å². The van der Waals surface area contributed by atoms with E-state index in [1.54, 1.807) is 17.0 Å². The van der Waals surface area contributed by atoms with Gasteiger partial charge in [-0.2, -0.15) is 0 Å². The van der Waals surface area contributed by atoms with Gasteiger partial charge in [-0.3, -0.25) is 4.90 Å². The molecule has 0 aromatic heterocycles. The van der Waals surface area contributed by atoms with Crippen LogP contribution in [0.5, 0.6) is 5.75 Å². The number of nitrogens with zero attached hydrogens (tertiary/aromatic N) is 1. The summed E-state index contributed by atoms with van der Waals surface area (Å²) in [5.74, 6) is 0.778. The second-order valence-corrected chi connectivity index (χ2v) is 5.66. The zero-order chi connectivity index (χ0) is 18.2. The third kappa shape index (κ3) is 4.54. The lowest BCUT2D eigenvalue weighted by Gasteiger charge is -2.23. The van der Waals surface area contributed by atoms with Crippen molar-refractivity contribution < 1.29 is 9.53 Å². The van der Waals surface area contributed by atoms with Crippen molar-refractivity contribution in [1.29, 1.82) is 0 Å². The quantitative estimate of drug-likeness (QED) is 0.519. The third-order valence-corrected chi connectivity index (χ3v) is 3.76. The highest BCUT2D eigenvalue weighted by atomic mass is 16.5. The van der Waals surface area contributed by atoms with Gasteiger partial charge in [0.2, 0.25) is 0 Å². The number of rotatable bonds is 6. The van der Waals surface area contributed by atoms with Gasteiger partial charge >= 0.3 is 6.03 Å². The number of benzene rings is 3. The molecule has 0 heterocycles. The summed E-state index contributed by atoms with van der Waals surface area (Å²) in [6, 6.07) is 26.0. The maximum absolute atomic E-state index is 12.8. The summed E-state index contributed by atoms with van der Waals surface area (Å²) >= 11 is 0. The molecule has 5 heteroatoms. The number of anilines is 3. The van der Waals surface area contributed by atoms with Crippen molar-refractivity contribution in [3.63, 3.8) is 0 Å². The molecular weight excluding hydrogens is 326 g/mol. The zero-order valence-electron chi connectivity index (χ0n) is 14.3. The molecule has 0 saturated carbocycles. The second kappa shape index (κ2) is 8.58. The van der Waals surface area contributed by atoms with E-state index < -0.39 is 0 Å². The molecule has 3 aromatic carbocycles. The lowest BCUT2D eigenvalue weighted by Crippen LogP contribution is -2.38. The fourth-order valence-electron chi connectivity index (χ4n) is 2.51. The second-order valence-electron chi connectivity index (χ2n) is 5.66. The fraction of sp³-hybridized carbons (Fsp3) is 0.0952. The van der Waals surface area contributed by atoms with Gasteiger partial charge in [-0.05, 0) is 48.5 Å². The SMILES string of the molecule is Nc1ccc(N(C(=O)NCCOc2ccccc2)c2ccccc2)cc1. The van der Waals surface area contributed by atoms with E-state index in [1.165, 1.54) is 0 Å². The first-order valence-electron chi connectivity index (χ1n) is 8.40. The van der Waals surface area contributed by atoms with Crippen LogP contribution in [0.15, 0.2) is 84.9 Å². The third-order valence-electron chi connectivity index (χ3n) is 3.76. The molecular formula is C21H21N3O2. The summed E-state index contributed by atoms with van der Waals surface area (Å²) in [4.78, 5) is 14.4. The van der Waals surface area contributed by atoms with Crippen molar-refractivity contribution in [2.45, 2.75) is 0 Å². The van der Waals surface area contributed by atoms with Gasteiger partial charge < -0.3 is 15.8 Å². The maximum atomic E-state index is 12.8. The Labute approximate surface area is 153 Å². The molecule has 0 fully saturated rings. The number of hydrogen-bond donors (Lipinski definition) is 2. The number of urea groups is 1. The first-order valence-corrected chi connectivity index (χ1v) is 8.40. The van der Waals surface area contributed by atoms with Crippen molar-refractivity contribution in [2.75, 3.05) is 23.8 Å². The Bertz CT molecular complexity index is 821. The van der Waals surface area contributed by atoms with Crippen LogP contribution in [0.2, 0.25) is 0 Å². The van der Waals surface area contributed by atoms with Gasteiger partial charge in [0.05, 0.1) is 17.9 Å². The zero-order valence-corrected chi connectivity index (χ0v) is 14.3. The molecule has 2 amide bonds. The topological polar surface area (TPSA) is 67.6 Å². The monoisotopic (exact) mass is 347 g/mol. The maximum Gasteiger partial charge on any atom is 0.326 e. The minimum atomic E-state index is -0.224. The highest BCUT2D eigenvalue weighted by Crippen LogP contribution is 2.26. The molecule has 0 radical (unpaired) electrons. The molecule has 3 aromatic rings. The lowest BCUT2D eigenvalue weighted by atomic mass is 10.2. The number of carbonyl (C=O) groups is 1. The molecule has 0 aliphatic carbocycles. The number of nitrogen functional groups attached to an aromatic ring is 1. The normalized spacial score (nSPS) is 10.2. The van der Waals surface area contributed by atoms with Crippen LogP contribution in [0.4, 0.5) is 21.9 Å². The highest BCUT2D eigenvalue weighted by molar-refractivity contribution is 5.99. The minimum Gasteiger partial charge on any atom is -0.492 e. The molecule has 0 saturated heterocycles. The highest BCUT2D eigenvalue weighted by Gasteiger charge is 2.17. The Balaban J connectivity index is 1.66. The number of para-hydroxylation sites is 2. The predicted molar refractivity (Wildman–Crippen MR) is 105 cm³/mol. The molecule has 0 aliphatic heterocycles. The van der Waals surface area contributed by atoms with Crippen LogP contribution in [-0.4, -0.2) is 19.2 Å². The van der Waals surface area contributed by atoms with Crippen molar-refractivity contribution in [3.8, 4) is 5.75 Å². The van der Waals surface area contributed by atoms with Crippen molar-refractivity contribution in [1.82, 2.24) is 5.32 Å². The van der Waals surface area contributed by atoms with Crippen LogP contribution in [-0.2, 0) is 0 Å². The number of nitrogens with two attached hydrogens (primary N) is 1. The average Bonchev–Trinajstić information content (AvgIpc) is 2.69. The molecule has 0 aliphatic rings. The number of carbonyl (C=O) groups excluding carboxylic acids is 1. The van der Waals surface area contributed by atoms with E-state index in [-0.39, 0.29) is 6.03 Å². The Morgan fingerprint density at radius 1 is 0.846 bits per heavy atom. The van der Waals surface area contributed by atoms with Gasteiger partial charge in [-0.1, -0.05) is 36.4 Å². The number of nitrogens with one attached hydrogen (secondary N) is 1. The fourth-order valence-corrected chi connectivity index (χ4v) is 2.51. The van der Waals surface area contributed by atoms with Crippen LogP contribution < -0.4 is 20.7 Å². The van der Waals surface area contributed by atoms with Gasteiger partial charge in [0, 0.05) is 5.69 Å². The molecule has 0 atom stereocenters. The molecule has 3 N–H and O–H groups in total.